The minimum atomic E-state index is -0.553. The number of hydrogen-bond donors (Lipinski definition) is 2. The van der Waals surface area contributed by atoms with E-state index in [0.29, 0.717) is 37.4 Å². The molecule has 2 N–H and O–H groups in total. The van der Waals surface area contributed by atoms with Gasteiger partial charge in [-0.15, -0.1) is 0 Å². The van der Waals surface area contributed by atoms with Crippen molar-refractivity contribution in [3.05, 3.63) is 83.4 Å². The lowest BCUT2D eigenvalue weighted by Crippen LogP contribution is -2.33. The molecule has 8 nitrogen and oxygen atoms in total. The lowest BCUT2D eigenvalue weighted by molar-refractivity contribution is -0.115. The van der Waals surface area contributed by atoms with Gasteiger partial charge in [0.2, 0.25) is 5.91 Å². The Labute approximate surface area is 184 Å². The summed E-state index contributed by atoms with van der Waals surface area (Å²) >= 11 is 0. The van der Waals surface area contributed by atoms with Gasteiger partial charge >= 0.3 is 0 Å². The number of rotatable bonds is 6. The molecule has 0 unspecified atom stereocenters. The second-order valence-corrected chi connectivity index (χ2v) is 7.44. The van der Waals surface area contributed by atoms with Crippen molar-refractivity contribution < 1.29 is 18.8 Å². The number of carbonyl (C=O) groups excluding carboxylic acids is 3. The normalized spacial score (nSPS) is 13.3. The zero-order chi connectivity index (χ0) is 22.5. The van der Waals surface area contributed by atoms with Gasteiger partial charge in [0.1, 0.15) is 11.5 Å². The number of nitrogens with zero attached hydrogens (tertiary/aromatic N) is 3. The molecule has 0 spiro atoms. The van der Waals surface area contributed by atoms with Crippen LogP contribution < -0.4 is 10.6 Å². The summed E-state index contributed by atoms with van der Waals surface area (Å²) in [5, 5.41) is 9.32. The van der Waals surface area contributed by atoms with Gasteiger partial charge in [-0.25, -0.2) is 4.39 Å². The van der Waals surface area contributed by atoms with E-state index in [4.69, 9.17) is 0 Å². The van der Waals surface area contributed by atoms with Gasteiger partial charge in [0, 0.05) is 31.4 Å². The lowest BCUT2D eigenvalue weighted by Gasteiger charge is -2.20. The van der Waals surface area contributed by atoms with Crippen LogP contribution in [0.1, 0.15) is 33.0 Å². The standard InChI is InChI=1S/C23H22FN5O3/c24-17-7-9-18(10-8-17)26-21(30)14-25-22(31)19-13-20-23(32)28(11-4-12-29(20)27-19)15-16-5-2-1-3-6-16/h1-3,5-10,13H,4,11-12,14-15H2,(H,25,31)(H,26,30). The molecule has 3 amide bonds. The predicted octanol–water partition coefficient (Wildman–Crippen LogP) is 2.44. The minimum absolute atomic E-state index is 0.0736. The molecule has 164 valence electrons. The van der Waals surface area contributed by atoms with Crippen molar-refractivity contribution in [2.45, 2.75) is 19.5 Å². The third kappa shape index (κ3) is 5.00. The molecule has 32 heavy (non-hydrogen) atoms. The van der Waals surface area contributed by atoms with E-state index >= 15 is 0 Å². The number of benzene rings is 2. The van der Waals surface area contributed by atoms with Crippen molar-refractivity contribution >= 4 is 23.4 Å². The van der Waals surface area contributed by atoms with Crippen molar-refractivity contribution in [1.82, 2.24) is 20.0 Å². The molecule has 3 aromatic rings. The summed E-state index contributed by atoms with van der Waals surface area (Å²) in [5.41, 5.74) is 1.87. The number of carbonyl (C=O) groups is 3. The quantitative estimate of drug-likeness (QED) is 0.622. The first-order chi connectivity index (χ1) is 15.5. The topological polar surface area (TPSA) is 96.3 Å². The molecule has 9 heteroatoms. The molecular weight excluding hydrogens is 413 g/mol. The van der Waals surface area contributed by atoms with Crippen LogP contribution in [-0.4, -0.2) is 45.5 Å². The second kappa shape index (κ2) is 9.42. The number of halogens is 1. The van der Waals surface area contributed by atoms with Crippen LogP contribution in [0, 0.1) is 5.82 Å². The highest BCUT2D eigenvalue weighted by atomic mass is 19.1. The fourth-order valence-electron chi connectivity index (χ4n) is 3.49. The smallest absolute Gasteiger partial charge is 0.272 e. The van der Waals surface area contributed by atoms with Gasteiger partial charge in [-0.05, 0) is 36.2 Å². The van der Waals surface area contributed by atoms with Crippen LogP contribution in [0.5, 0.6) is 0 Å². The number of nitrogens with one attached hydrogen (secondary N) is 2. The Morgan fingerprint density at radius 1 is 1.03 bits per heavy atom. The first-order valence-corrected chi connectivity index (χ1v) is 10.2. The molecule has 0 saturated carbocycles. The van der Waals surface area contributed by atoms with Crippen LogP contribution in [0.25, 0.3) is 0 Å². The Morgan fingerprint density at radius 3 is 2.53 bits per heavy atom. The summed E-state index contributed by atoms with van der Waals surface area (Å²) in [6.45, 7) is 1.31. The fraction of sp³-hybridized carbons (Fsp3) is 0.217. The van der Waals surface area contributed by atoms with Crippen LogP contribution in [0.3, 0.4) is 0 Å². The number of aryl methyl sites for hydroxylation is 1. The summed E-state index contributed by atoms with van der Waals surface area (Å²) in [4.78, 5) is 39.3. The van der Waals surface area contributed by atoms with Gasteiger partial charge < -0.3 is 15.5 Å². The van der Waals surface area contributed by atoms with Gasteiger partial charge in [-0.2, -0.15) is 5.10 Å². The Bertz CT molecular complexity index is 1130. The number of fused-ring (bicyclic) bond motifs is 1. The highest BCUT2D eigenvalue weighted by Gasteiger charge is 2.26. The number of aromatic nitrogens is 2. The van der Waals surface area contributed by atoms with Crippen molar-refractivity contribution in [3.63, 3.8) is 0 Å². The molecular formula is C23H22FN5O3. The fourth-order valence-corrected chi connectivity index (χ4v) is 3.49. The van der Waals surface area contributed by atoms with E-state index in [9.17, 15) is 18.8 Å². The molecule has 0 aliphatic carbocycles. The van der Waals surface area contributed by atoms with E-state index in [1.54, 1.807) is 9.58 Å². The molecule has 0 radical (unpaired) electrons. The summed E-state index contributed by atoms with van der Waals surface area (Å²) in [5.74, 6) is -1.61. The van der Waals surface area contributed by atoms with Crippen molar-refractivity contribution in [1.29, 1.82) is 0 Å². The van der Waals surface area contributed by atoms with Crippen LogP contribution in [0.2, 0.25) is 0 Å². The van der Waals surface area contributed by atoms with E-state index < -0.39 is 17.6 Å². The Kier molecular flexibility index (Phi) is 6.25. The molecule has 1 aromatic heterocycles. The van der Waals surface area contributed by atoms with E-state index in [1.165, 1.54) is 30.3 Å². The molecule has 0 saturated heterocycles. The van der Waals surface area contributed by atoms with E-state index in [2.05, 4.69) is 15.7 Å². The molecule has 0 fully saturated rings. The molecule has 2 aromatic carbocycles. The summed E-state index contributed by atoms with van der Waals surface area (Å²) in [7, 11) is 0. The monoisotopic (exact) mass is 435 g/mol. The highest BCUT2D eigenvalue weighted by Crippen LogP contribution is 2.16. The maximum absolute atomic E-state index is 13.0. The first-order valence-electron chi connectivity index (χ1n) is 10.2. The van der Waals surface area contributed by atoms with Gasteiger partial charge in [0.05, 0.1) is 6.54 Å². The van der Waals surface area contributed by atoms with Crippen molar-refractivity contribution in [2.24, 2.45) is 0 Å². The zero-order valence-corrected chi connectivity index (χ0v) is 17.3. The third-order valence-corrected chi connectivity index (χ3v) is 5.07. The third-order valence-electron chi connectivity index (χ3n) is 5.07. The van der Waals surface area contributed by atoms with E-state index in [1.807, 2.05) is 30.3 Å². The predicted molar refractivity (Wildman–Crippen MR) is 115 cm³/mol. The van der Waals surface area contributed by atoms with E-state index in [0.717, 1.165) is 5.56 Å². The maximum atomic E-state index is 13.0. The average molecular weight is 435 g/mol. The van der Waals surface area contributed by atoms with Crippen LogP contribution >= 0.6 is 0 Å². The largest absolute Gasteiger partial charge is 0.342 e. The molecule has 0 bridgehead atoms. The molecule has 0 atom stereocenters. The SMILES string of the molecule is O=C(CNC(=O)c1cc2n(n1)CCCN(Cc1ccccc1)C2=O)Nc1ccc(F)cc1. The Balaban J connectivity index is 1.38. The molecule has 2 heterocycles. The van der Waals surface area contributed by atoms with Crippen LogP contribution in [0.15, 0.2) is 60.7 Å². The lowest BCUT2D eigenvalue weighted by atomic mass is 10.2. The van der Waals surface area contributed by atoms with E-state index in [-0.39, 0.29) is 18.1 Å². The summed E-state index contributed by atoms with van der Waals surface area (Å²) < 4.78 is 14.5. The number of amides is 3. The van der Waals surface area contributed by atoms with Crippen molar-refractivity contribution in [3.8, 4) is 0 Å². The number of hydrogen-bond acceptors (Lipinski definition) is 4. The zero-order valence-electron chi connectivity index (χ0n) is 17.3. The maximum Gasteiger partial charge on any atom is 0.272 e. The molecule has 1 aliphatic rings. The summed E-state index contributed by atoms with van der Waals surface area (Å²) in [6.07, 6.45) is 0.717. The van der Waals surface area contributed by atoms with Gasteiger partial charge in [0.25, 0.3) is 11.8 Å². The Morgan fingerprint density at radius 2 is 1.78 bits per heavy atom. The minimum Gasteiger partial charge on any atom is -0.342 e. The first kappa shape index (κ1) is 21.2. The van der Waals surface area contributed by atoms with Crippen LogP contribution in [0.4, 0.5) is 10.1 Å². The molecule has 1 aliphatic heterocycles. The Hall–Kier alpha value is -4.01. The van der Waals surface area contributed by atoms with Crippen molar-refractivity contribution in [2.75, 3.05) is 18.4 Å². The number of anilines is 1. The van der Waals surface area contributed by atoms with Gasteiger partial charge in [-0.1, -0.05) is 30.3 Å². The molecule has 4 rings (SSSR count). The van der Waals surface area contributed by atoms with Gasteiger partial charge in [-0.3, -0.25) is 19.1 Å². The average Bonchev–Trinajstić information content (AvgIpc) is 3.17. The van der Waals surface area contributed by atoms with Gasteiger partial charge in [0.15, 0.2) is 5.69 Å². The highest BCUT2D eigenvalue weighted by molar-refractivity contribution is 6.00. The van der Waals surface area contributed by atoms with Crippen LogP contribution in [-0.2, 0) is 17.9 Å². The summed E-state index contributed by atoms with van der Waals surface area (Å²) in [6, 6.07) is 16.5. The second-order valence-electron chi connectivity index (χ2n) is 7.44.